The Balaban J connectivity index is 1.65. The summed E-state index contributed by atoms with van der Waals surface area (Å²) in [6, 6.07) is 0.764. The van der Waals surface area contributed by atoms with E-state index in [1.165, 1.54) is 71.1 Å². The molecule has 2 aliphatic rings. The Morgan fingerprint density at radius 2 is 1.67 bits per heavy atom. The first-order chi connectivity index (χ1) is 9.97. The third kappa shape index (κ3) is 5.56. The van der Waals surface area contributed by atoms with Crippen molar-refractivity contribution in [1.29, 1.82) is 0 Å². The molecule has 0 aromatic heterocycles. The van der Waals surface area contributed by atoms with Crippen LogP contribution in [0.2, 0.25) is 0 Å². The van der Waals surface area contributed by atoms with E-state index in [9.17, 15) is 0 Å². The van der Waals surface area contributed by atoms with E-state index in [4.69, 9.17) is 0 Å². The highest BCUT2D eigenvalue weighted by molar-refractivity contribution is 4.88. The predicted molar refractivity (Wildman–Crippen MR) is 92.7 cm³/mol. The minimum absolute atomic E-state index is 0.459. The van der Waals surface area contributed by atoms with Gasteiger partial charge in [-0.3, -0.25) is 0 Å². The average Bonchev–Trinajstić information content (AvgIpc) is 2.45. The van der Waals surface area contributed by atoms with Crippen molar-refractivity contribution in [2.45, 2.75) is 78.7 Å². The van der Waals surface area contributed by atoms with Gasteiger partial charge in [0.25, 0.3) is 0 Å². The van der Waals surface area contributed by atoms with Crippen molar-refractivity contribution in [2.75, 3.05) is 26.2 Å². The van der Waals surface area contributed by atoms with Crippen LogP contribution < -0.4 is 5.32 Å². The first kappa shape index (κ1) is 17.3. The quantitative estimate of drug-likeness (QED) is 0.760. The number of likely N-dealkylation sites (tertiary alicyclic amines) is 1. The van der Waals surface area contributed by atoms with Gasteiger partial charge in [-0.15, -0.1) is 0 Å². The van der Waals surface area contributed by atoms with Crippen LogP contribution in [0.3, 0.4) is 0 Å². The van der Waals surface area contributed by atoms with Gasteiger partial charge < -0.3 is 10.2 Å². The second kappa shape index (κ2) is 7.97. The fourth-order valence-electron chi connectivity index (χ4n) is 4.29. The molecule has 1 aliphatic heterocycles. The highest BCUT2D eigenvalue weighted by Gasteiger charge is 2.33. The Kier molecular flexibility index (Phi) is 6.55. The first-order valence-corrected chi connectivity index (χ1v) is 9.42. The van der Waals surface area contributed by atoms with Crippen molar-refractivity contribution < 1.29 is 0 Å². The summed E-state index contributed by atoms with van der Waals surface area (Å²) in [5.74, 6) is 1.82. The molecule has 1 saturated carbocycles. The van der Waals surface area contributed by atoms with Crippen molar-refractivity contribution in [3.05, 3.63) is 0 Å². The first-order valence-electron chi connectivity index (χ1n) is 9.42. The third-order valence-electron chi connectivity index (χ3n) is 5.81. The number of rotatable bonds is 5. The summed E-state index contributed by atoms with van der Waals surface area (Å²) in [7, 11) is 0. The molecule has 0 aromatic carbocycles. The zero-order valence-corrected chi connectivity index (χ0v) is 15.0. The van der Waals surface area contributed by atoms with Crippen LogP contribution in [0.1, 0.15) is 72.6 Å². The second-order valence-corrected chi connectivity index (χ2v) is 8.70. The van der Waals surface area contributed by atoms with Gasteiger partial charge in [-0.05, 0) is 75.5 Å². The SMILES string of the molecule is CC1CCN(CCCNC2CCCCC2C(C)(C)C)CC1. The molecule has 2 rings (SSSR count). The molecule has 124 valence electrons. The molecular weight excluding hydrogens is 256 g/mol. The van der Waals surface area contributed by atoms with E-state index in [1.807, 2.05) is 0 Å². The van der Waals surface area contributed by atoms with Crippen molar-refractivity contribution in [1.82, 2.24) is 10.2 Å². The second-order valence-electron chi connectivity index (χ2n) is 8.70. The molecule has 1 aliphatic carbocycles. The summed E-state index contributed by atoms with van der Waals surface area (Å²) in [5, 5.41) is 3.90. The fourth-order valence-corrected chi connectivity index (χ4v) is 4.29. The lowest BCUT2D eigenvalue weighted by Gasteiger charge is -2.41. The molecular formula is C19H38N2. The van der Waals surface area contributed by atoms with Crippen LogP contribution in [0.5, 0.6) is 0 Å². The minimum Gasteiger partial charge on any atom is -0.314 e. The number of hydrogen-bond donors (Lipinski definition) is 1. The largest absolute Gasteiger partial charge is 0.314 e. The number of nitrogens with zero attached hydrogens (tertiary/aromatic N) is 1. The average molecular weight is 295 g/mol. The van der Waals surface area contributed by atoms with E-state index in [-0.39, 0.29) is 0 Å². The summed E-state index contributed by atoms with van der Waals surface area (Å²) < 4.78 is 0. The molecule has 0 amide bonds. The van der Waals surface area contributed by atoms with E-state index in [0.29, 0.717) is 5.41 Å². The van der Waals surface area contributed by atoms with Crippen LogP contribution in [0.15, 0.2) is 0 Å². The molecule has 2 heteroatoms. The van der Waals surface area contributed by atoms with Gasteiger partial charge in [-0.1, -0.05) is 40.5 Å². The Labute approximate surface area is 133 Å². The smallest absolute Gasteiger partial charge is 0.0100 e. The number of piperidine rings is 1. The highest BCUT2D eigenvalue weighted by atomic mass is 15.1. The van der Waals surface area contributed by atoms with E-state index in [2.05, 4.69) is 37.9 Å². The molecule has 0 radical (unpaired) electrons. The summed E-state index contributed by atoms with van der Waals surface area (Å²) in [6.07, 6.45) is 9.81. The molecule has 2 atom stereocenters. The normalized spacial score (nSPS) is 29.7. The van der Waals surface area contributed by atoms with Gasteiger partial charge in [0.15, 0.2) is 0 Å². The van der Waals surface area contributed by atoms with Gasteiger partial charge in [0.2, 0.25) is 0 Å². The van der Waals surface area contributed by atoms with Crippen LogP contribution in [-0.4, -0.2) is 37.1 Å². The Hall–Kier alpha value is -0.0800. The minimum atomic E-state index is 0.459. The topological polar surface area (TPSA) is 15.3 Å². The van der Waals surface area contributed by atoms with E-state index >= 15 is 0 Å². The number of nitrogens with one attached hydrogen (secondary N) is 1. The van der Waals surface area contributed by atoms with Gasteiger partial charge >= 0.3 is 0 Å². The summed E-state index contributed by atoms with van der Waals surface area (Å²) >= 11 is 0. The Morgan fingerprint density at radius 3 is 2.33 bits per heavy atom. The third-order valence-corrected chi connectivity index (χ3v) is 5.81. The molecule has 1 saturated heterocycles. The Bertz CT molecular complexity index is 286. The maximum absolute atomic E-state index is 3.90. The van der Waals surface area contributed by atoms with Gasteiger partial charge in [-0.2, -0.15) is 0 Å². The van der Waals surface area contributed by atoms with Gasteiger partial charge in [0.1, 0.15) is 0 Å². The molecule has 0 bridgehead atoms. The molecule has 0 spiro atoms. The van der Waals surface area contributed by atoms with Crippen LogP contribution in [0, 0.1) is 17.3 Å². The monoisotopic (exact) mass is 294 g/mol. The maximum Gasteiger partial charge on any atom is 0.0100 e. The predicted octanol–water partition coefficient (Wildman–Crippen LogP) is 4.30. The van der Waals surface area contributed by atoms with Gasteiger partial charge in [-0.25, -0.2) is 0 Å². The molecule has 0 aromatic rings. The molecule has 2 unspecified atom stereocenters. The lowest BCUT2D eigenvalue weighted by Crippen LogP contribution is -2.45. The van der Waals surface area contributed by atoms with Crippen LogP contribution >= 0.6 is 0 Å². The lowest BCUT2D eigenvalue weighted by molar-refractivity contribution is 0.129. The van der Waals surface area contributed by atoms with Crippen molar-refractivity contribution in [3.8, 4) is 0 Å². The molecule has 1 heterocycles. The van der Waals surface area contributed by atoms with Crippen LogP contribution in [-0.2, 0) is 0 Å². The number of hydrogen-bond acceptors (Lipinski definition) is 2. The van der Waals surface area contributed by atoms with E-state index in [1.54, 1.807) is 0 Å². The summed E-state index contributed by atoms with van der Waals surface area (Å²) in [6.45, 7) is 14.8. The van der Waals surface area contributed by atoms with Crippen molar-refractivity contribution >= 4 is 0 Å². The highest BCUT2D eigenvalue weighted by Crippen LogP contribution is 2.37. The van der Waals surface area contributed by atoms with Gasteiger partial charge in [0, 0.05) is 6.04 Å². The van der Waals surface area contributed by atoms with Crippen molar-refractivity contribution in [3.63, 3.8) is 0 Å². The van der Waals surface area contributed by atoms with Crippen LogP contribution in [0.25, 0.3) is 0 Å². The zero-order valence-electron chi connectivity index (χ0n) is 15.0. The fraction of sp³-hybridized carbons (Fsp3) is 1.00. The van der Waals surface area contributed by atoms with Gasteiger partial charge in [0.05, 0.1) is 0 Å². The molecule has 21 heavy (non-hydrogen) atoms. The lowest BCUT2D eigenvalue weighted by atomic mass is 9.69. The molecule has 2 fully saturated rings. The zero-order chi connectivity index (χ0) is 15.3. The van der Waals surface area contributed by atoms with E-state index in [0.717, 1.165) is 17.9 Å². The van der Waals surface area contributed by atoms with Crippen molar-refractivity contribution in [2.24, 2.45) is 17.3 Å². The molecule has 2 nitrogen and oxygen atoms in total. The Morgan fingerprint density at radius 1 is 1.00 bits per heavy atom. The molecule has 1 N–H and O–H groups in total. The summed E-state index contributed by atoms with van der Waals surface area (Å²) in [5.41, 5.74) is 0.459. The van der Waals surface area contributed by atoms with Crippen LogP contribution in [0.4, 0.5) is 0 Å². The summed E-state index contributed by atoms with van der Waals surface area (Å²) in [4.78, 5) is 2.67. The maximum atomic E-state index is 3.90. The standard InChI is InChI=1S/C19H38N2/c1-16-10-14-21(15-11-16)13-7-12-20-18-9-6-5-8-17(18)19(2,3)4/h16-18,20H,5-15H2,1-4H3. The van der Waals surface area contributed by atoms with E-state index < -0.39 is 0 Å².